The second-order valence-corrected chi connectivity index (χ2v) is 7.76. The third kappa shape index (κ3) is 4.80. The second kappa shape index (κ2) is 8.77. The molecule has 0 radical (unpaired) electrons. The monoisotopic (exact) mass is 375 g/mol. The molecule has 1 N–H and O–H groups in total. The van der Waals surface area contributed by atoms with Crippen LogP contribution in [0.2, 0.25) is 0 Å². The van der Waals surface area contributed by atoms with Gasteiger partial charge in [0.15, 0.2) is 0 Å². The largest absolute Gasteiger partial charge is 0.378 e. The van der Waals surface area contributed by atoms with E-state index in [1.165, 1.54) is 16.6 Å². The lowest BCUT2D eigenvalue weighted by Crippen LogP contribution is -2.30. The van der Waals surface area contributed by atoms with Crippen molar-refractivity contribution in [3.05, 3.63) is 48.2 Å². The number of hydrogen-bond acceptors (Lipinski definition) is 6. The molecule has 8 heteroatoms. The molecule has 26 heavy (non-hydrogen) atoms. The van der Waals surface area contributed by atoms with Gasteiger partial charge in [-0.3, -0.25) is 5.43 Å². The molecular formula is C18H25N5O2S. The molecule has 7 nitrogen and oxygen atoms in total. The van der Waals surface area contributed by atoms with Gasteiger partial charge < -0.3 is 4.90 Å². The lowest BCUT2D eigenvalue weighted by molar-refractivity contribution is 0.445. The van der Waals surface area contributed by atoms with Crippen molar-refractivity contribution in [2.24, 2.45) is 5.10 Å². The molecule has 0 unspecified atom stereocenters. The highest BCUT2D eigenvalue weighted by molar-refractivity contribution is 7.89. The predicted molar refractivity (Wildman–Crippen MR) is 106 cm³/mol. The maximum atomic E-state index is 12.4. The van der Waals surface area contributed by atoms with Crippen molar-refractivity contribution in [2.75, 3.05) is 37.5 Å². The molecule has 0 atom stereocenters. The van der Waals surface area contributed by atoms with Gasteiger partial charge >= 0.3 is 0 Å². The van der Waals surface area contributed by atoms with E-state index in [-0.39, 0.29) is 4.90 Å². The van der Waals surface area contributed by atoms with Crippen molar-refractivity contribution >= 4 is 27.7 Å². The Kier molecular flexibility index (Phi) is 6.70. The molecule has 0 fully saturated rings. The predicted octanol–water partition coefficient (Wildman–Crippen LogP) is 2.62. The number of rotatable bonds is 8. The molecule has 0 saturated heterocycles. The van der Waals surface area contributed by atoms with Crippen LogP contribution in [0.5, 0.6) is 0 Å². The number of sulfonamides is 1. The van der Waals surface area contributed by atoms with Gasteiger partial charge in [-0.25, -0.2) is 13.4 Å². The Morgan fingerprint density at radius 3 is 2.23 bits per heavy atom. The van der Waals surface area contributed by atoms with Gasteiger partial charge in [-0.15, -0.1) is 0 Å². The zero-order valence-electron chi connectivity index (χ0n) is 15.5. The number of pyridine rings is 1. The molecule has 0 bridgehead atoms. The van der Waals surface area contributed by atoms with Gasteiger partial charge in [-0.05, 0) is 29.8 Å². The average Bonchev–Trinajstić information content (AvgIpc) is 2.63. The Morgan fingerprint density at radius 2 is 1.73 bits per heavy atom. The van der Waals surface area contributed by atoms with Crippen molar-refractivity contribution in [1.29, 1.82) is 0 Å². The number of hydrazone groups is 1. The van der Waals surface area contributed by atoms with Gasteiger partial charge in [-0.2, -0.15) is 9.41 Å². The minimum Gasteiger partial charge on any atom is -0.378 e. The van der Waals surface area contributed by atoms with E-state index in [0.717, 1.165) is 11.3 Å². The van der Waals surface area contributed by atoms with Crippen LogP contribution in [0.1, 0.15) is 19.4 Å². The smallest absolute Gasteiger partial charge is 0.244 e. The molecule has 0 amide bonds. The summed E-state index contributed by atoms with van der Waals surface area (Å²) < 4.78 is 26.2. The number of anilines is 2. The Labute approximate surface area is 155 Å². The van der Waals surface area contributed by atoms with E-state index in [0.29, 0.717) is 18.9 Å². The summed E-state index contributed by atoms with van der Waals surface area (Å²) >= 11 is 0. The second-order valence-electron chi connectivity index (χ2n) is 5.82. The fourth-order valence-corrected chi connectivity index (χ4v) is 3.75. The molecule has 0 spiro atoms. The van der Waals surface area contributed by atoms with E-state index >= 15 is 0 Å². The maximum absolute atomic E-state index is 12.4. The minimum atomic E-state index is -3.49. The quantitative estimate of drug-likeness (QED) is 0.567. The minimum absolute atomic E-state index is 0.176. The topological polar surface area (TPSA) is 77.9 Å². The Hall–Kier alpha value is -2.45. The first-order valence-corrected chi connectivity index (χ1v) is 9.85. The lowest BCUT2D eigenvalue weighted by Gasteiger charge is -2.18. The van der Waals surface area contributed by atoms with Gasteiger partial charge in [0.1, 0.15) is 10.7 Å². The van der Waals surface area contributed by atoms with Gasteiger partial charge in [0.2, 0.25) is 10.0 Å². The van der Waals surface area contributed by atoms with Crippen molar-refractivity contribution in [3.8, 4) is 0 Å². The molecular weight excluding hydrogens is 350 g/mol. The van der Waals surface area contributed by atoms with E-state index in [1.807, 2.05) is 57.1 Å². The number of nitrogens with zero attached hydrogens (tertiary/aromatic N) is 4. The highest BCUT2D eigenvalue weighted by Crippen LogP contribution is 2.16. The van der Waals surface area contributed by atoms with Gasteiger partial charge in [-0.1, -0.05) is 26.0 Å². The van der Waals surface area contributed by atoms with E-state index in [1.54, 1.807) is 12.3 Å². The molecule has 0 aliphatic carbocycles. The first-order chi connectivity index (χ1) is 12.4. The first-order valence-electron chi connectivity index (χ1n) is 8.41. The third-order valence-electron chi connectivity index (χ3n) is 3.88. The van der Waals surface area contributed by atoms with E-state index in [4.69, 9.17) is 0 Å². The number of benzene rings is 1. The van der Waals surface area contributed by atoms with Gasteiger partial charge in [0.25, 0.3) is 0 Å². The number of nitrogens with one attached hydrogen (secondary N) is 1. The fraction of sp³-hybridized carbons (Fsp3) is 0.333. The number of aromatic nitrogens is 1. The Balaban J connectivity index is 2.03. The highest BCUT2D eigenvalue weighted by atomic mass is 32.2. The highest BCUT2D eigenvalue weighted by Gasteiger charge is 2.21. The molecule has 1 aromatic carbocycles. The first kappa shape index (κ1) is 19.9. The van der Waals surface area contributed by atoms with Gasteiger partial charge in [0.05, 0.1) is 6.21 Å². The van der Waals surface area contributed by atoms with Crippen LogP contribution in [0.3, 0.4) is 0 Å². The molecule has 2 rings (SSSR count). The standard InChI is InChI=1S/C18H25N5O2S/c1-5-23(6-2)26(24,25)17-11-12-18(19-14-17)21-20-13-15-7-9-16(10-8-15)22(3)4/h7-14H,5-6H2,1-4H3,(H,19,21). The van der Waals surface area contributed by atoms with Crippen LogP contribution >= 0.6 is 0 Å². The zero-order valence-corrected chi connectivity index (χ0v) is 16.4. The summed E-state index contributed by atoms with van der Waals surface area (Å²) in [6, 6.07) is 11.1. The van der Waals surface area contributed by atoms with Crippen LogP contribution in [0.15, 0.2) is 52.6 Å². The van der Waals surface area contributed by atoms with Crippen LogP contribution in [0, 0.1) is 0 Å². The molecule has 0 aliphatic rings. The van der Waals surface area contributed by atoms with Crippen LogP contribution in [-0.4, -0.2) is 51.1 Å². The molecule has 0 aliphatic heterocycles. The van der Waals surface area contributed by atoms with Crippen LogP contribution in [0.25, 0.3) is 0 Å². The van der Waals surface area contributed by atoms with Crippen molar-refractivity contribution in [3.63, 3.8) is 0 Å². The fourth-order valence-electron chi connectivity index (χ4n) is 2.34. The maximum Gasteiger partial charge on any atom is 0.244 e. The summed E-state index contributed by atoms with van der Waals surface area (Å²) in [5, 5.41) is 4.13. The molecule has 0 saturated carbocycles. The Bertz CT molecular complexity index is 827. The summed E-state index contributed by atoms with van der Waals surface area (Å²) in [5.74, 6) is 0.477. The van der Waals surface area contributed by atoms with Crippen molar-refractivity contribution in [1.82, 2.24) is 9.29 Å². The van der Waals surface area contributed by atoms with Crippen LogP contribution < -0.4 is 10.3 Å². The lowest BCUT2D eigenvalue weighted by atomic mass is 10.2. The SMILES string of the molecule is CCN(CC)S(=O)(=O)c1ccc(NN=Cc2ccc(N(C)C)cc2)nc1. The summed E-state index contributed by atoms with van der Waals surface area (Å²) in [4.78, 5) is 6.33. The summed E-state index contributed by atoms with van der Waals surface area (Å²) in [6.07, 6.45) is 3.03. The summed E-state index contributed by atoms with van der Waals surface area (Å²) in [6.45, 7) is 4.47. The van der Waals surface area contributed by atoms with E-state index in [9.17, 15) is 8.42 Å². The third-order valence-corrected chi connectivity index (χ3v) is 5.92. The Morgan fingerprint density at radius 1 is 1.08 bits per heavy atom. The van der Waals surface area contributed by atoms with Gasteiger partial charge in [0, 0.05) is 39.1 Å². The van der Waals surface area contributed by atoms with Crippen molar-refractivity contribution in [2.45, 2.75) is 18.7 Å². The summed E-state index contributed by atoms with van der Waals surface area (Å²) in [5.41, 5.74) is 4.87. The van der Waals surface area contributed by atoms with E-state index < -0.39 is 10.0 Å². The summed E-state index contributed by atoms with van der Waals surface area (Å²) in [7, 11) is 0.481. The average molecular weight is 375 g/mol. The van der Waals surface area contributed by atoms with Crippen LogP contribution in [-0.2, 0) is 10.0 Å². The van der Waals surface area contributed by atoms with Crippen LogP contribution in [0.4, 0.5) is 11.5 Å². The van der Waals surface area contributed by atoms with E-state index in [2.05, 4.69) is 15.5 Å². The molecule has 1 heterocycles. The normalized spacial score (nSPS) is 11.9. The molecule has 2 aromatic rings. The zero-order chi connectivity index (χ0) is 19.2. The number of hydrogen-bond donors (Lipinski definition) is 1. The van der Waals surface area contributed by atoms with Crippen molar-refractivity contribution < 1.29 is 8.42 Å². The molecule has 1 aromatic heterocycles. The molecule has 140 valence electrons.